The fraction of sp³-hybridized carbons (Fsp3) is 0.500. The molecule has 1 fully saturated rings. The average molecular weight is 436 g/mol. The summed E-state index contributed by atoms with van der Waals surface area (Å²) in [5.74, 6) is 0.236. The minimum absolute atomic E-state index is 0.117. The summed E-state index contributed by atoms with van der Waals surface area (Å²) in [6.07, 6.45) is 1.66. The normalized spacial score (nSPS) is 17.1. The Morgan fingerprint density at radius 2 is 1.73 bits per heavy atom. The highest BCUT2D eigenvalue weighted by Gasteiger charge is 2.29. The van der Waals surface area contributed by atoms with Gasteiger partial charge in [-0.1, -0.05) is 17.7 Å². The molecule has 1 aromatic carbocycles. The molecule has 30 heavy (non-hydrogen) atoms. The van der Waals surface area contributed by atoms with Crippen LogP contribution >= 0.6 is 0 Å². The summed E-state index contributed by atoms with van der Waals surface area (Å²) in [6.45, 7) is 10.8. The molecule has 3 rings (SSSR count). The van der Waals surface area contributed by atoms with Crippen molar-refractivity contribution in [1.82, 2.24) is 4.98 Å². The maximum Gasteiger partial charge on any atom is 0.297 e. The molecule has 0 bridgehead atoms. The lowest BCUT2D eigenvalue weighted by atomic mass is 10.1. The Morgan fingerprint density at radius 1 is 1.10 bits per heavy atom. The summed E-state index contributed by atoms with van der Waals surface area (Å²) >= 11 is 0. The third-order valence-corrected chi connectivity index (χ3v) is 6.28. The predicted molar refractivity (Wildman–Crippen MR) is 112 cm³/mol. The van der Waals surface area contributed by atoms with E-state index in [1.807, 2.05) is 34.6 Å². The van der Waals surface area contributed by atoms with Gasteiger partial charge in [0.25, 0.3) is 10.1 Å². The molecule has 0 radical (unpaired) electrons. The number of ether oxygens (including phenoxy) is 3. The second kappa shape index (κ2) is 9.01. The Hall–Kier alpha value is -2.00. The van der Waals surface area contributed by atoms with E-state index in [2.05, 4.69) is 4.98 Å². The number of hydrogen-bond donors (Lipinski definition) is 0. The van der Waals surface area contributed by atoms with Crippen LogP contribution in [-0.4, -0.2) is 39.0 Å². The number of pyridine rings is 1. The lowest BCUT2D eigenvalue weighted by Gasteiger charge is -2.34. The number of nitrogens with zero attached hydrogens (tertiary/aromatic N) is 1. The van der Waals surface area contributed by atoms with E-state index in [1.165, 1.54) is 12.1 Å². The zero-order chi connectivity index (χ0) is 21.9. The topological polar surface area (TPSA) is 84.0 Å². The van der Waals surface area contributed by atoms with Gasteiger partial charge in [-0.15, -0.1) is 0 Å². The first-order chi connectivity index (χ1) is 14.1. The van der Waals surface area contributed by atoms with Crippen molar-refractivity contribution in [2.24, 2.45) is 5.92 Å². The van der Waals surface area contributed by atoms with E-state index in [1.54, 1.807) is 18.3 Å². The summed E-state index contributed by atoms with van der Waals surface area (Å²) in [4.78, 5) is 4.46. The Labute approximate surface area is 178 Å². The molecule has 2 heterocycles. The highest BCUT2D eigenvalue weighted by atomic mass is 32.2. The Morgan fingerprint density at radius 3 is 2.37 bits per heavy atom. The van der Waals surface area contributed by atoms with Crippen LogP contribution in [0.3, 0.4) is 0 Å². The van der Waals surface area contributed by atoms with E-state index >= 15 is 0 Å². The van der Waals surface area contributed by atoms with Gasteiger partial charge >= 0.3 is 0 Å². The molecule has 2 aromatic rings. The van der Waals surface area contributed by atoms with Gasteiger partial charge in [0.2, 0.25) is 0 Å². The summed E-state index contributed by atoms with van der Waals surface area (Å²) in [5, 5.41) is 0. The molecule has 8 heteroatoms. The van der Waals surface area contributed by atoms with Gasteiger partial charge in [0.15, 0.2) is 5.79 Å². The molecule has 0 unspecified atom stereocenters. The monoisotopic (exact) mass is 435 g/mol. The van der Waals surface area contributed by atoms with Crippen LogP contribution in [0.15, 0.2) is 35.4 Å². The molecule has 164 valence electrons. The Kier molecular flexibility index (Phi) is 6.81. The summed E-state index contributed by atoms with van der Waals surface area (Å²) in [6, 6.07) is 6.53. The highest BCUT2D eigenvalue weighted by molar-refractivity contribution is 7.86. The fourth-order valence-corrected chi connectivity index (χ4v) is 3.93. The molecule has 1 saturated heterocycles. The van der Waals surface area contributed by atoms with Gasteiger partial charge in [-0.3, -0.25) is 9.17 Å². The number of aryl methyl sites for hydroxylation is 2. The standard InChI is InChI=1S/C22H29NO6S/c1-15-6-8-19(9-7-15)30(24,25)29-14-20-17(3)21(16(2)10-23-20)26-11-18-12-27-22(4,5)28-13-18/h6-10,18H,11-14H2,1-5H3. The van der Waals surface area contributed by atoms with Gasteiger partial charge in [-0.05, 0) is 46.8 Å². The van der Waals surface area contributed by atoms with Gasteiger partial charge in [0.1, 0.15) is 12.4 Å². The van der Waals surface area contributed by atoms with Crippen LogP contribution in [0.1, 0.15) is 36.2 Å². The van der Waals surface area contributed by atoms with Crippen LogP contribution in [0.5, 0.6) is 5.75 Å². The third kappa shape index (κ3) is 5.57. The molecule has 0 aliphatic carbocycles. The van der Waals surface area contributed by atoms with E-state index in [9.17, 15) is 8.42 Å². The second-order valence-corrected chi connectivity index (χ2v) is 9.69. The zero-order valence-electron chi connectivity index (χ0n) is 18.1. The van der Waals surface area contributed by atoms with Crippen LogP contribution in [0.2, 0.25) is 0 Å². The zero-order valence-corrected chi connectivity index (χ0v) is 18.9. The lowest BCUT2D eigenvalue weighted by molar-refractivity contribution is -0.264. The minimum atomic E-state index is -3.87. The average Bonchev–Trinajstić information content (AvgIpc) is 2.68. The van der Waals surface area contributed by atoms with Crippen molar-refractivity contribution in [3.05, 3.63) is 52.8 Å². The third-order valence-electron chi connectivity index (χ3n) is 5.00. The smallest absolute Gasteiger partial charge is 0.297 e. The molecule has 7 nitrogen and oxygen atoms in total. The largest absolute Gasteiger partial charge is 0.492 e. The van der Waals surface area contributed by atoms with Crippen molar-refractivity contribution < 1.29 is 26.8 Å². The molecule has 0 amide bonds. The Bertz CT molecular complexity index is 975. The first-order valence-corrected chi connectivity index (χ1v) is 11.3. The van der Waals surface area contributed by atoms with E-state index < -0.39 is 15.9 Å². The molecule has 1 aromatic heterocycles. The van der Waals surface area contributed by atoms with Gasteiger partial charge in [-0.25, -0.2) is 0 Å². The van der Waals surface area contributed by atoms with Gasteiger partial charge in [-0.2, -0.15) is 8.42 Å². The van der Waals surface area contributed by atoms with Crippen molar-refractivity contribution in [3.63, 3.8) is 0 Å². The van der Waals surface area contributed by atoms with Crippen LogP contribution in [-0.2, 0) is 30.4 Å². The van der Waals surface area contributed by atoms with Crippen LogP contribution in [0.25, 0.3) is 0 Å². The van der Waals surface area contributed by atoms with Crippen molar-refractivity contribution >= 4 is 10.1 Å². The molecular weight excluding hydrogens is 406 g/mol. The molecular formula is C22H29NO6S. The molecule has 1 aliphatic heterocycles. The van der Waals surface area contributed by atoms with Gasteiger partial charge < -0.3 is 14.2 Å². The van der Waals surface area contributed by atoms with E-state index in [-0.39, 0.29) is 17.4 Å². The predicted octanol–water partition coefficient (Wildman–Crippen LogP) is 3.69. The second-order valence-electron chi connectivity index (χ2n) is 8.07. The number of rotatable bonds is 7. The molecule has 0 spiro atoms. The molecule has 0 atom stereocenters. The highest BCUT2D eigenvalue weighted by Crippen LogP contribution is 2.28. The van der Waals surface area contributed by atoms with E-state index in [0.29, 0.717) is 31.3 Å². The number of aromatic nitrogens is 1. The van der Waals surface area contributed by atoms with Crippen molar-refractivity contribution in [1.29, 1.82) is 0 Å². The molecule has 0 saturated carbocycles. The van der Waals surface area contributed by atoms with Gasteiger partial charge in [0, 0.05) is 23.2 Å². The van der Waals surface area contributed by atoms with E-state index in [4.69, 9.17) is 18.4 Å². The summed E-state index contributed by atoms with van der Waals surface area (Å²) < 4.78 is 47.6. The molecule has 0 N–H and O–H groups in total. The maximum absolute atomic E-state index is 12.5. The van der Waals surface area contributed by atoms with Crippen LogP contribution < -0.4 is 4.74 Å². The van der Waals surface area contributed by atoms with Crippen molar-refractivity contribution in [2.45, 2.75) is 51.9 Å². The lowest BCUT2D eigenvalue weighted by Crippen LogP contribution is -2.41. The number of hydrogen-bond acceptors (Lipinski definition) is 7. The van der Waals surface area contributed by atoms with Crippen LogP contribution in [0, 0.1) is 26.7 Å². The van der Waals surface area contributed by atoms with Crippen molar-refractivity contribution in [2.75, 3.05) is 19.8 Å². The van der Waals surface area contributed by atoms with Crippen LogP contribution in [0.4, 0.5) is 0 Å². The summed E-state index contributed by atoms with van der Waals surface area (Å²) in [5.41, 5.74) is 3.12. The van der Waals surface area contributed by atoms with Gasteiger partial charge in [0.05, 0.1) is 30.4 Å². The van der Waals surface area contributed by atoms with E-state index in [0.717, 1.165) is 16.7 Å². The quantitative estimate of drug-likeness (QED) is 0.613. The summed E-state index contributed by atoms with van der Waals surface area (Å²) in [7, 11) is -3.87. The Balaban J connectivity index is 1.66. The molecule has 1 aliphatic rings. The first-order valence-electron chi connectivity index (χ1n) is 9.89. The number of benzene rings is 1. The minimum Gasteiger partial charge on any atom is -0.492 e. The first kappa shape index (κ1) is 22.7. The SMILES string of the molecule is Cc1ccc(S(=O)(=O)OCc2ncc(C)c(OCC3COC(C)(C)OC3)c2C)cc1. The van der Waals surface area contributed by atoms with Crippen molar-refractivity contribution in [3.8, 4) is 5.75 Å². The fourth-order valence-electron chi connectivity index (χ4n) is 3.06. The maximum atomic E-state index is 12.5.